The highest BCUT2D eigenvalue weighted by molar-refractivity contribution is 6.01. The van der Waals surface area contributed by atoms with Crippen molar-refractivity contribution in [1.82, 2.24) is 0 Å². The summed E-state index contributed by atoms with van der Waals surface area (Å²) in [5.41, 5.74) is -2.70. The molecule has 0 saturated heterocycles. The molecule has 136 valence electrons. The molecular formula is C20H20O6. The topological polar surface area (TPSA) is 115 Å². The van der Waals surface area contributed by atoms with Crippen molar-refractivity contribution in [3.63, 3.8) is 0 Å². The van der Waals surface area contributed by atoms with Crippen LogP contribution in [0.5, 0.6) is 11.5 Å². The molecule has 2 aromatic rings. The van der Waals surface area contributed by atoms with Gasteiger partial charge in [0.05, 0.1) is 0 Å². The summed E-state index contributed by atoms with van der Waals surface area (Å²) in [4.78, 5) is 24.7. The van der Waals surface area contributed by atoms with E-state index in [1.165, 1.54) is 24.3 Å². The van der Waals surface area contributed by atoms with E-state index in [1.54, 1.807) is 24.3 Å². The summed E-state index contributed by atoms with van der Waals surface area (Å²) < 4.78 is 0. The molecule has 0 atom stereocenters. The van der Waals surface area contributed by atoms with E-state index >= 15 is 0 Å². The molecule has 0 unspecified atom stereocenters. The van der Waals surface area contributed by atoms with E-state index in [9.17, 15) is 30.0 Å². The molecule has 0 aromatic heterocycles. The first-order chi connectivity index (χ1) is 12.3. The van der Waals surface area contributed by atoms with Gasteiger partial charge in [-0.05, 0) is 48.2 Å². The minimum absolute atomic E-state index is 0.0387. The van der Waals surface area contributed by atoms with E-state index in [4.69, 9.17) is 0 Å². The number of rotatable bonds is 4. The summed E-state index contributed by atoms with van der Waals surface area (Å²) >= 11 is 0. The zero-order chi connectivity index (χ0) is 18.9. The standard InChI is InChI=1S/C20H20O6/c21-15-7-3-5-13(11-15)19(14-6-4-8-16(22)12-14)9-1-2-10-20(19,17(23)24)18(25)26/h3-8,11-12,21-22H,1-2,9-10H2,(H,23,24)(H,25,26). The predicted octanol–water partition coefficient (Wildman–Crippen LogP) is 3.11. The van der Waals surface area contributed by atoms with Gasteiger partial charge in [0.25, 0.3) is 0 Å². The second-order valence-electron chi connectivity index (χ2n) is 6.73. The lowest BCUT2D eigenvalue weighted by Gasteiger charge is -2.49. The van der Waals surface area contributed by atoms with Gasteiger partial charge >= 0.3 is 11.9 Å². The Kier molecular flexibility index (Phi) is 4.36. The highest BCUT2D eigenvalue weighted by Gasteiger charge is 2.64. The van der Waals surface area contributed by atoms with Crippen LogP contribution in [0.25, 0.3) is 0 Å². The van der Waals surface area contributed by atoms with E-state index in [0.29, 0.717) is 24.0 Å². The molecule has 0 spiro atoms. The fraction of sp³-hybridized carbons (Fsp3) is 0.300. The second-order valence-corrected chi connectivity index (χ2v) is 6.73. The molecule has 1 aliphatic carbocycles. The van der Waals surface area contributed by atoms with Crippen molar-refractivity contribution in [2.45, 2.75) is 31.1 Å². The molecule has 26 heavy (non-hydrogen) atoms. The molecule has 1 fully saturated rings. The first kappa shape index (κ1) is 17.8. The van der Waals surface area contributed by atoms with Gasteiger partial charge in [-0.25, -0.2) is 0 Å². The van der Waals surface area contributed by atoms with Crippen molar-refractivity contribution in [2.75, 3.05) is 0 Å². The zero-order valence-electron chi connectivity index (χ0n) is 14.1. The van der Waals surface area contributed by atoms with Crippen LogP contribution in [-0.2, 0) is 15.0 Å². The van der Waals surface area contributed by atoms with Gasteiger partial charge in [0.15, 0.2) is 5.41 Å². The summed E-state index contributed by atoms with van der Waals surface area (Å²) in [6, 6.07) is 12.1. The molecule has 3 rings (SSSR count). The largest absolute Gasteiger partial charge is 0.508 e. The summed E-state index contributed by atoms with van der Waals surface area (Å²) in [7, 11) is 0. The highest BCUT2D eigenvalue weighted by atomic mass is 16.4. The first-order valence-electron chi connectivity index (χ1n) is 8.40. The molecule has 4 N–H and O–H groups in total. The van der Waals surface area contributed by atoms with E-state index in [2.05, 4.69) is 0 Å². The quantitative estimate of drug-likeness (QED) is 0.626. The number of aromatic hydroxyl groups is 2. The third-order valence-electron chi connectivity index (χ3n) is 5.49. The van der Waals surface area contributed by atoms with Gasteiger partial charge in [-0.1, -0.05) is 37.1 Å². The molecular weight excluding hydrogens is 336 g/mol. The molecule has 1 saturated carbocycles. The van der Waals surface area contributed by atoms with Crippen LogP contribution < -0.4 is 0 Å². The average molecular weight is 356 g/mol. The lowest BCUT2D eigenvalue weighted by atomic mass is 9.50. The highest BCUT2D eigenvalue weighted by Crippen LogP contribution is 2.57. The molecule has 0 radical (unpaired) electrons. The predicted molar refractivity (Wildman–Crippen MR) is 93.2 cm³/mol. The minimum atomic E-state index is -2.10. The Hall–Kier alpha value is -3.02. The lowest BCUT2D eigenvalue weighted by molar-refractivity contribution is -0.172. The number of carboxylic acids is 2. The fourth-order valence-electron chi connectivity index (χ4n) is 4.37. The maximum atomic E-state index is 12.3. The normalized spacial score (nSPS) is 18.2. The third-order valence-corrected chi connectivity index (χ3v) is 5.49. The van der Waals surface area contributed by atoms with Crippen LogP contribution in [0.3, 0.4) is 0 Å². The maximum absolute atomic E-state index is 12.3. The number of carbonyl (C=O) groups is 2. The number of carboxylic acid groups (broad SMARTS) is 2. The van der Waals surface area contributed by atoms with Crippen LogP contribution in [-0.4, -0.2) is 32.4 Å². The Balaban J connectivity index is 2.43. The van der Waals surface area contributed by atoms with Gasteiger partial charge in [-0.15, -0.1) is 0 Å². The fourth-order valence-corrected chi connectivity index (χ4v) is 4.37. The van der Waals surface area contributed by atoms with E-state index in [-0.39, 0.29) is 24.3 Å². The van der Waals surface area contributed by atoms with Crippen molar-refractivity contribution < 1.29 is 30.0 Å². The molecule has 6 heteroatoms. The first-order valence-corrected chi connectivity index (χ1v) is 8.40. The van der Waals surface area contributed by atoms with E-state index in [1.807, 2.05) is 0 Å². The van der Waals surface area contributed by atoms with Gasteiger partial charge in [-0.2, -0.15) is 0 Å². The molecule has 0 heterocycles. The number of hydrogen-bond acceptors (Lipinski definition) is 4. The summed E-state index contributed by atoms with van der Waals surface area (Å²) in [5.74, 6) is -2.98. The number of phenols is 2. The van der Waals surface area contributed by atoms with Crippen molar-refractivity contribution in [1.29, 1.82) is 0 Å². The van der Waals surface area contributed by atoms with Crippen LogP contribution in [0.2, 0.25) is 0 Å². The number of aliphatic carboxylic acids is 2. The van der Waals surface area contributed by atoms with Crippen LogP contribution in [0.1, 0.15) is 36.8 Å². The van der Waals surface area contributed by atoms with Crippen molar-refractivity contribution in [3.8, 4) is 11.5 Å². The van der Waals surface area contributed by atoms with Crippen molar-refractivity contribution >= 4 is 11.9 Å². The van der Waals surface area contributed by atoms with Crippen molar-refractivity contribution in [3.05, 3.63) is 59.7 Å². The van der Waals surface area contributed by atoms with E-state index < -0.39 is 22.8 Å². The summed E-state index contributed by atoms with van der Waals surface area (Å²) in [6.07, 6.45) is 1.34. The van der Waals surface area contributed by atoms with Crippen LogP contribution in [0.15, 0.2) is 48.5 Å². The van der Waals surface area contributed by atoms with Gasteiger partial charge in [0, 0.05) is 5.41 Å². The smallest absolute Gasteiger partial charge is 0.322 e. The van der Waals surface area contributed by atoms with Gasteiger partial charge in [-0.3, -0.25) is 9.59 Å². The van der Waals surface area contributed by atoms with Gasteiger partial charge < -0.3 is 20.4 Å². The maximum Gasteiger partial charge on any atom is 0.322 e. The molecule has 0 aliphatic heterocycles. The molecule has 1 aliphatic rings. The zero-order valence-corrected chi connectivity index (χ0v) is 14.1. The third kappa shape index (κ3) is 2.41. The number of phenolic OH excluding ortho intramolecular Hbond substituents is 2. The van der Waals surface area contributed by atoms with E-state index in [0.717, 1.165) is 0 Å². The molecule has 0 bridgehead atoms. The van der Waals surface area contributed by atoms with Crippen molar-refractivity contribution in [2.24, 2.45) is 5.41 Å². The Morgan fingerprint density at radius 2 is 1.23 bits per heavy atom. The Bertz CT molecular complexity index is 797. The minimum Gasteiger partial charge on any atom is -0.508 e. The summed E-state index contributed by atoms with van der Waals surface area (Å²) in [6.45, 7) is 0. The average Bonchev–Trinajstić information content (AvgIpc) is 2.61. The van der Waals surface area contributed by atoms with Gasteiger partial charge in [0.2, 0.25) is 0 Å². The lowest BCUT2D eigenvalue weighted by Crippen LogP contribution is -2.58. The number of benzene rings is 2. The van der Waals surface area contributed by atoms with Crippen LogP contribution in [0, 0.1) is 5.41 Å². The van der Waals surface area contributed by atoms with Crippen LogP contribution >= 0.6 is 0 Å². The molecule has 0 amide bonds. The Morgan fingerprint density at radius 3 is 1.65 bits per heavy atom. The SMILES string of the molecule is O=C(O)C1(C(=O)O)CCCCC1(c1cccc(O)c1)c1cccc(O)c1. The Morgan fingerprint density at radius 1 is 0.769 bits per heavy atom. The number of hydrogen-bond donors (Lipinski definition) is 4. The Labute approximate surface area is 150 Å². The monoisotopic (exact) mass is 356 g/mol. The molecule has 2 aromatic carbocycles. The molecule has 6 nitrogen and oxygen atoms in total. The van der Waals surface area contributed by atoms with Crippen LogP contribution in [0.4, 0.5) is 0 Å². The second kappa shape index (κ2) is 6.37. The van der Waals surface area contributed by atoms with Gasteiger partial charge in [0.1, 0.15) is 11.5 Å². The summed E-state index contributed by atoms with van der Waals surface area (Å²) in [5, 5.41) is 40.0.